The topological polar surface area (TPSA) is 50.5 Å². The molecular formula is C11H25N3O. The van der Waals surface area contributed by atoms with Crippen LogP contribution in [0, 0.1) is 0 Å². The number of nitrogens with one attached hydrogen (secondary N) is 1. The summed E-state index contributed by atoms with van der Waals surface area (Å²) in [5, 5.41) is 3.30. The number of hydrogen-bond donors (Lipinski definition) is 2. The van der Waals surface area contributed by atoms with Gasteiger partial charge in [0.2, 0.25) is 0 Å². The highest BCUT2D eigenvalue weighted by molar-refractivity contribution is 4.71. The van der Waals surface area contributed by atoms with Crippen molar-refractivity contribution in [3.63, 3.8) is 0 Å². The molecule has 90 valence electrons. The second-order valence-electron chi connectivity index (χ2n) is 4.08. The van der Waals surface area contributed by atoms with Crippen LogP contribution >= 0.6 is 0 Å². The van der Waals surface area contributed by atoms with Gasteiger partial charge in [0.1, 0.15) is 0 Å². The lowest BCUT2D eigenvalue weighted by Crippen LogP contribution is -2.40. The Hall–Kier alpha value is -0.160. The molecular weight excluding hydrogens is 190 g/mol. The van der Waals surface area contributed by atoms with E-state index in [2.05, 4.69) is 17.1 Å². The molecule has 3 N–H and O–H groups in total. The predicted molar refractivity (Wildman–Crippen MR) is 62.8 cm³/mol. The normalized spacial score (nSPS) is 19.6. The molecule has 4 nitrogen and oxygen atoms in total. The molecule has 0 bridgehead atoms. The van der Waals surface area contributed by atoms with E-state index in [-0.39, 0.29) is 0 Å². The Labute approximate surface area is 93.1 Å². The summed E-state index contributed by atoms with van der Waals surface area (Å²) in [6.07, 6.45) is 3.86. The van der Waals surface area contributed by atoms with Gasteiger partial charge in [-0.15, -0.1) is 0 Å². The van der Waals surface area contributed by atoms with Crippen LogP contribution in [0.2, 0.25) is 0 Å². The smallest absolute Gasteiger partial charge is 0.0599 e. The van der Waals surface area contributed by atoms with Crippen LogP contribution < -0.4 is 11.1 Å². The fraction of sp³-hybridized carbons (Fsp3) is 1.00. The van der Waals surface area contributed by atoms with Crippen LogP contribution in [0.5, 0.6) is 0 Å². The summed E-state index contributed by atoms with van der Waals surface area (Å²) in [5.41, 5.74) is 5.58. The van der Waals surface area contributed by atoms with E-state index in [1.54, 1.807) is 0 Å². The standard InChI is InChI=1S/C11H25N3O/c1-2-13-6-3-9-15-11-4-7-14(10-12)8-5-11/h11,13H,2-10,12H2,1H3. The molecule has 0 spiro atoms. The van der Waals surface area contributed by atoms with E-state index in [0.29, 0.717) is 12.8 Å². The Morgan fingerprint density at radius 3 is 2.73 bits per heavy atom. The van der Waals surface area contributed by atoms with Gasteiger partial charge in [0, 0.05) is 26.4 Å². The summed E-state index contributed by atoms with van der Waals surface area (Å²) in [6, 6.07) is 0. The first-order chi connectivity index (χ1) is 7.36. The fourth-order valence-corrected chi connectivity index (χ4v) is 1.88. The van der Waals surface area contributed by atoms with Crippen molar-refractivity contribution in [3.05, 3.63) is 0 Å². The fourth-order valence-electron chi connectivity index (χ4n) is 1.88. The van der Waals surface area contributed by atoms with Crippen LogP contribution in [0.1, 0.15) is 26.2 Å². The summed E-state index contributed by atoms with van der Waals surface area (Å²) in [4.78, 5) is 2.28. The van der Waals surface area contributed by atoms with Crippen LogP contribution in [0.25, 0.3) is 0 Å². The Morgan fingerprint density at radius 2 is 2.13 bits per heavy atom. The van der Waals surface area contributed by atoms with Crippen molar-refractivity contribution in [1.82, 2.24) is 10.2 Å². The average molecular weight is 215 g/mol. The summed E-state index contributed by atoms with van der Waals surface area (Å²) < 4.78 is 5.81. The molecule has 1 heterocycles. The van der Waals surface area contributed by atoms with Gasteiger partial charge in [-0.05, 0) is 32.4 Å². The lowest BCUT2D eigenvalue weighted by Gasteiger charge is -2.30. The Balaban J connectivity index is 1.94. The lowest BCUT2D eigenvalue weighted by molar-refractivity contribution is 0.00726. The number of ether oxygens (including phenoxy) is 1. The van der Waals surface area contributed by atoms with Crippen LogP contribution in [0.3, 0.4) is 0 Å². The van der Waals surface area contributed by atoms with E-state index in [1.807, 2.05) is 0 Å². The van der Waals surface area contributed by atoms with Crippen LogP contribution in [0.15, 0.2) is 0 Å². The quantitative estimate of drug-likeness (QED) is 0.603. The molecule has 15 heavy (non-hydrogen) atoms. The lowest BCUT2D eigenvalue weighted by atomic mass is 10.1. The zero-order valence-corrected chi connectivity index (χ0v) is 9.87. The highest BCUT2D eigenvalue weighted by Crippen LogP contribution is 2.12. The van der Waals surface area contributed by atoms with Crippen molar-refractivity contribution in [2.24, 2.45) is 5.73 Å². The largest absolute Gasteiger partial charge is 0.378 e. The first-order valence-corrected chi connectivity index (χ1v) is 6.11. The number of nitrogens with two attached hydrogens (primary N) is 1. The molecule has 1 aliphatic rings. The molecule has 0 atom stereocenters. The second-order valence-corrected chi connectivity index (χ2v) is 4.08. The van der Waals surface area contributed by atoms with E-state index in [9.17, 15) is 0 Å². The molecule has 1 rings (SSSR count). The molecule has 0 aliphatic carbocycles. The maximum atomic E-state index is 5.81. The molecule has 1 saturated heterocycles. The highest BCUT2D eigenvalue weighted by Gasteiger charge is 2.17. The average Bonchev–Trinajstić information content (AvgIpc) is 2.30. The second kappa shape index (κ2) is 8.05. The Kier molecular flexibility index (Phi) is 6.92. The molecule has 0 aromatic rings. The molecule has 0 saturated carbocycles. The molecule has 0 radical (unpaired) electrons. The minimum absolute atomic E-state index is 0.467. The van der Waals surface area contributed by atoms with Crippen molar-refractivity contribution in [3.8, 4) is 0 Å². The van der Waals surface area contributed by atoms with Crippen molar-refractivity contribution in [1.29, 1.82) is 0 Å². The van der Waals surface area contributed by atoms with E-state index < -0.39 is 0 Å². The van der Waals surface area contributed by atoms with Gasteiger partial charge in [-0.25, -0.2) is 0 Å². The van der Waals surface area contributed by atoms with Gasteiger partial charge < -0.3 is 15.8 Å². The van der Waals surface area contributed by atoms with Gasteiger partial charge in [-0.1, -0.05) is 6.92 Å². The maximum Gasteiger partial charge on any atom is 0.0599 e. The number of likely N-dealkylation sites (tertiary alicyclic amines) is 1. The van der Waals surface area contributed by atoms with Crippen molar-refractivity contribution < 1.29 is 4.74 Å². The third-order valence-corrected chi connectivity index (χ3v) is 2.89. The number of rotatable bonds is 7. The predicted octanol–water partition coefficient (Wildman–Crippen LogP) is 0.383. The van der Waals surface area contributed by atoms with Gasteiger partial charge in [0.25, 0.3) is 0 Å². The van der Waals surface area contributed by atoms with E-state index in [0.717, 1.165) is 52.0 Å². The van der Waals surface area contributed by atoms with Crippen molar-refractivity contribution in [2.75, 3.05) is 39.5 Å². The Bertz CT molecular complexity index is 147. The first kappa shape index (κ1) is 12.9. The zero-order valence-electron chi connectivity index (χ0n) is 9.87. The SMILES string of the molecule is CCNCCCOC1CCN(CN)CC1. The van der Waals surface area contributed by atoms with Crippen LogP contribution in [-0.4, -0.2) is 50.5 Å². The molecule has 0 unspecified atom stereocenters. The number of hydrogen-bond acceptors (Lipinski definition) is 4. The van der Waals surface area contributed by atoms with Gasteiger partial charge >= 0.3 is 0 Å². The molecule has 0 aromatic carbocycles. The molecule has 0 amide bonds. The summed E-state index contributed by atoms with van der Waals surface area (Å²) in [5.74, 6) is 0. The number of nitrogens with zero attached hydrogens (tertiary/aromatic N) is 1. The monoisotopic (exact) mass is 215 g/mol. The molecule has 0 aromatic heterocycles. The van der Waals surface area contributed by atoms with Crippen LogP contribution in [-0.2, 0) is 4.74 Å². The van der Waals surface area contributed by atoms with Crippen LogP contribution in [0.4, 0.5) is 0 Å². The first-order valence-electron chi connectivity index (χ1n) is 6.11. The zero-order chi connectivity index (χ0) is 10.9. The van der Waals surface area contributed by atoms with E-state index >= 15 is 0 Å². The third-order valence-electron chi connectivity index (χ3n) is 2.89. The summed E-state index contributed by atoms with van der Waals surface area (Å²) >= 11 is 0. The number of piperidine rings is 1. The third kappa shape index (κ3) is 5.47. The molecule has 4 heteroatoms. The summed E-state index contributed by atoms with van der Waals surface area (Å²) in [7, 11) is 0. The minimum atomic E-state index is 0.467. The van der Waals surface area contributed by atoms with Crippen molar-refractivity contribution >= 4 is 0 Å². The minimum Gasteiger partial charge on any atom is -0.378 e. The van der Waals surface area contributed by atoms with E-state index in [4.69, 9.17) is 10.5 Å². The van der Waals surface area contributed by atoms with E-state index in [1.165, 1.54) is 0 Å². The van der Waals surface area contributed by atoms with Gasteiger partial charge in [0.15, 0.2) is 0 Å². The molecule has 1 fully saturated rings. The van der Waals surface area contributed by atoms with Crippen molar-refractivity contribution in [2.45, 2.75) is 32.3 Å². The van der Waals surface area contributed by atoms with Gasteiger partial charge in [0.05, 0.1) is 6.10 Å². The Morgan fingerprint density at radius 1 is 1.40 bits per heavy atom. The summed E-state index contributed by atoms with van der Waals surface area (Å²) in [6.45, 7) is 8.01. The van der Waals surface area contributed by atoms with Gasteiger partial charge in [-0.3, -0.25) is 4.90 Å². The molecule has 1 aliphatic heterocycles. The highest BCUT2D eigenvalue weighted by atomic mass is 16.5. The maximum absolute atomic E-state index is 5.81. The van der Waals surface area contributed by atoms with Gasteiger partial charge in [-0.2, -0.15) is 0 Å².